The van der Waals surface area contributed by atoms with Gasteiger partial charge < -0.3 is 14.2 Å². The maximum absolute atomic E-state index is 12.8. The van der Waals surface area contributed by atoms with Crippen molar-refractivity contribution in [2.45, 2.75) is 303 Å². The van der Waals surface area contributed by atoms with Gasteiger partial charge in [-0.3, -0.25) is 14.4 Å². The summed E-state index contributed by atoms with van der Waals surface area (Å²) in [4.78, 5) is 38.1. The van der Waals surface area contributed by atoms with Gasteiger partial charge in [0, 0.05) is 19.3 Å². The van der Waals surface area contributed by atoms with Crippen molar-refractivity contribution in [3.63, 3.8) is 0 Å². The van der Waals surface area contributed by atoms with E-state index >= 15 is 0 Å². The summed E-state index contributed by atoms with van der Waals surface area (Å²) in [7, 11) is 0. The van der Waals surface area contributed by atoms with Crippen LogP contribution in [0.5, 0.6) is 0 Å². The van der Waals surface area contributed by atoms with E-state index in [9.17, 15) is 14.4 Å². The third-order valence-corrected chi connectivity index (χ3v) is 13.1. The predicted molar refractivity (Wildman–Crippen MR) is 311 cm³/mol. The van der Waals surface area contributed by atoms with Crippen molar-refractivity contribution >= 4 is 17.9 Å². The molecule has 0 bridgehead atoms. The molecule has 0 aliphatic heterocycles. The minimum atomic E-state index is -0.788. The van der Waals surface area contributed by atoms with E-state index in [1.54, 1.807) is 0 Å². The molecule has 1 unspecified atom stereocenters. The SMILES string of the molecule is CC/C=C\C/C=C\C/C=C\C/C=C\CCCCCCCCCCCCCCCCCCC(=O)OCC(COC(=O)CCCCCCCCCCCCCC)OC(=O)CCCCC/C=C\C/C=C\C/C=C\CC. The molecule has 0 aliphatic carbocycles. The quantitative estimate of drug-likeness (QED) is 0.0261. The van der Waals surface area contributed by atoms with Crippen molar-refractivity contribution in [2.75, 3.05) is 13.2 Å². The van der Waals surface area contributed by atoms with Crippen LogP contribution in [0.25, 0.3) is 0 Å². The summed E-state index contributed by atoms with van der Waals surface area (Å²) >= 11 is 0. The van der Waals surface area contributed by atoms with Gasteiger partial charge in [0.1, 0.15) is 13.2 Å². The number of carbonyl (C=O) groups excluding carboxylic acids is 3. The van der Waals surface area contributed by atoms with Crippen LogP contribution in [-0.4, -0.2) is 37.2 Å². The lowest BCUT2D eigenvalue weighted by atomic mass is 10.0. The van der Waals surface area contributed by atoms with Crippen LogP contribution in [0.15, 0.2) is 85.1 Å². The summed E-state index contributed by atoms with van der Waals surface area (Å²) in [6, 6.07) is 0. The molecule has 0 radical (unpaired) electrons. The summed E-state index contributed by atoms with van der Waals surface area (Å²) in [5.74, 6) is -0.905. The fourth-order valence-corrected chi connectivity index (χ4v) is 8.63. The Kier molecular flexibility index (Phi) is 57.3. The monoisotopic (exact) mass is 1000 g/mol. The normalized spacial score (nSPS) is 12.7. The lowest BCUT2D eigenvalue weighted by molar-refractivity contribution is -0.167. The second-order valence-electron chi connectivity index (χ2n) is 20.2. The average molecular weight is 1000 g/mol. The van der Waals surface area contributed by atoms with Crippen LogP contribution < -0.4 is 0 Å². The van der Waals surface area contributed by atoms with Crippen LogP contribution in [0.1, 0.15) is 297 Å². The molecule has 414 valence electrons. The number of hydrogen-bond acceptors (Lipinski definition) is 6. The Hall–Kier alpha value is -3.41. The first-order chi connectivity index (χ1) is 35.5. The van der Waals surface area contributed by atoms with Gasteiger partial charge in [-0.1, -0.05) is 273 Å². The van der Waals surface area contributed by atoms with Crippen molar-refractivity contribution < 1.29 is 28.6 Å². The highest BCUT2D eigenvalue weighted by atomic mass is 16.6. The van der Waals surface area contributed by atoms with Crippen LogP contribution in [0, 0.1) is 0 Å². The zero-order valence-corrected chi connectivity index (χ0v) is 47.4. The van der Waals surface area contributed by atoms with E-state index in [0.717, 1.165) is 109 Å². The Morgan fingerprint density at radius 3 is 0.861 bits per heavy atom. The van der Waals surface area contributed by atoms with Crippen LogP contribution in [-0.2, 0) is 28.6 Å². The zero-order valence-electron chi connectivity index (χ0n) is 47.4. The Morgan fingerprint density at radius 2 is 0.542 bits per heavy atom. The molecule has 6 nitrogen and oxygen atoms in total. The highest BCUT2D eigenvalue weighted by Crippen LogP contribution is 2.17. The standard InChI is InChI=1S/C66H114O6/c1-4-7-10-13-16-19-22-25-26-27-28-29-30-31-32-33-34-35-36-37-38-39-40-42-44-47-50-53-56-59-65(68)71-62-63(61-70-64(67)58-55-52-49-46-43-24-21-18-15-12-9-6-3)72-66(69)60-57-54-51-48-45-41-23-20-17-14-11-8-5-2/h7-8,10-11,16-17,19-20,25-26,28-29,41,45,63H,4-6,9,12-15,18,21-24,27,30-40,42-44,46-62H2,1-3H3/b10-7-,11-8-,19-16-,20-17-,26-25-,29-28-,45-41-. The minimum Gasteiger partial charge on any atom is -0.462 e. The van der Waals surface area contributed by atoms with Gasteiger partial charge in [0.05, 0.1) is 0 Å². The number of rotatable bonds is 55. The van der Waals surface area contributed by atoms with Crippen molar-refractivity contribution in [3.8, 4) is 0 Å². The Morgan fingerprint density at radius 1 is 0.292 bits per heavy atom. The van der Waals surface area contributed by atoms with Gasteiger partial charge in [-0.2, -0.15) is 0 Å². The first kappa shape index (κ1) is 68.6. The van der Waals surface area contributed by atoms with Gasteiger partial charge in [0.25, 0.3) is 0 Å². The van der Waals surface area contributed by atoms with Crippen molar-refractivity contribution in [2.24, 2.45) is 0 Å². The summed E-state index contributed by atoms with van der Waals surface area (Å²) in [6.07, 6.45) is 78.9. The molecule has 0 N–H and O–H groups in total. The maximum Gasteiger partial charge on any atom is 0.306 e. The number of ether oxygens (including phenoxy) is 3. The molecule has 0 spiro atoms. The van der Waals surface area contributed by atoms with E-state index in [1.807, 2.05) is 0 Å². The van der Waals surface area contributed by atoms with E-state index < -0.39 is 6.10 Å². The topological polar surface area (TPSA) is 78.9 Å². The Labute approximate surface area is 445 Å². The van der Waals surface area contributed by atoms with E-state index in [4.69, 9.17) is 14.2 Å². The average Bonchev–Trinajstić information content (AvgIpc) is 3.38. The van der Waals surface area contributed by atoms with Gasteiger partial charge in [0.2, 0.25) is 0 Å². The lowest BCUT2D eigenvalue weighted by Crippen LogP contribution is -2.30. The van der Waals surface area contributed by atoms with E-state index in [1.165, 1.54) is 148 Å². The van der Waals surface area contributed by atoms with E-state index in [-0.39, 0.29) is 31.1 Å². The fourth-order valence-electron chi connectivity index (χ4n) is 8.63. The third kappa shape index (κ3) is 57.5. The highest BCUT2D eigenvalue weighted by molar-refractivity contribution is 5.71. The van der Waals surface area contributed by atoms with Gasteiger partial charge in [-0.25, -0.2) is 0 Å². The van der Waals surface area contributed by atoms with Crippen LogP contribution in [0.2, 0.25) is 0 Å². The number of allylic oxidation sites excluding steroid dienone is 14. The molecule has 0 heterocycles. The van der Waals surface area contributed by atoms with Crippen LogP contribution >= 0.6 is 0 Å². The number of hydrogen-bond donors (Lipinski definition) is 0. The molecule has 0 rings (SSSR count). The molecule has 0 saturated heterocycles. The molecule has 0 fully saturated rings. The summed E-state index contributed by atoms with van der Waals surface area (Å²) in [5.41, 5.74) is 0. The largest absolute Gasteiger partial charge is 0.462 e. The zero-order chi connectivity index (χ0) is 52.2. The molecule has 1 atom stereocenters. The van der Waals surface area contributed by atoms with Gasteiger partial charge in [-0.15, -0.1) is 0 Å². The van der Waals surface area contributed by atoms with Crippen LogP contribution in [0.4, 0.5) is 0 Å². The van der Waals surface area contributed by atoms with Crippen molar-refractivity contribution in [1.82, 2.24) is 0 Å². The number of esters is 3. The maximum atomic E-state index is 12.8. The van der Waals surface area contributed by atoms with Gasteiger partial charge in [0.15, 0.2) is 6.10 Å². The first-order valence-electron chi connectivity index (χ1n) is 30.6. The molecule has 72 heavy (non-hydrogen) atoms. The highest BCUT2D eigenvalue weighted by Gasteiger charge is 2.19. The summed E-state index contributed by atoms with van der Waals surface area (Å²) < 4.78 is 16.8. The minimum absolute atomic E-state index is 0.0845. The molecule has 0 amide bonds. The molecule has 0 saturated carbocycles. The smallest absolute Gasteiger partial charge is 0.306 e. The predicted octanol–water partition coefficient (Wildman–Crippen LogP) is 20.7. The van der Waals surface area contributed by atoms with Crippen LogP contribution in [0.3, 0.4) is 0 Å². The molecule has 0 aliphatic rings. The summed E-state index contributed by atoms with van der Waals surface area (Å²) in [6.45, 7) is 6.41. The second kappa shape index (κ2) is 60.1. The molecule has 6 heteroatoms. The van der Waals surface area contributed by atoms with Crippen molar-refractivity contribution in [1.29, 1.82) is 0 Å². The Balaban J connectivity index is 4.17. The van der Waals surface area contributed by atoms with Gasteiger partial charge in [-0.05, 0) is 89.9 Å². The molecular weight excluding hydrogens is 889 g/mol. The number of unbranched alkanes of at least 4 members (excludes halogenated alkanes) is 30. The second-order valence-corrected chi connectivity index (χ2v) is 20.2. The summed E-state index contributed by atoms with van der Waals surface area (Å²) in [5, 5.41) is 0. The van der Waals surface area contributed by atoms with Crippen molar-refractivity contribution in [3.05, 3.63) is 85.1 Å². The first-order valence-corrected chi connectivity index (χ1v) is 30.6. The molecule has 0 aromatic rings. The number of carbonyl (C=O) groups is 3. The molecule has 0 aromatic carbocycles. The fraction of sp³-hybridized carbons (Fsp3) is 0.742. The lowest BCUT2D eigenvalue weighted by Gasteiger charge is -2.18. The molecular formula is C66H114O6. The molecule has 0 aromatic heterocycles. The van der Waals surface area contributed by atoms with Gasteiger partial charge >= 0.3 is 17.9 Å². The van der Waals surface area contributed by atoms with E-state index in [0.29, 0.717) is 19.3 Å². The van der Waals surface area contributed by atoms with E-state index in [2.05, 4.69) is 106 Å². The third-order valence-electron chi connectivity index (χ3n) is 13.1. The Bertz CT molecular complexity index is 1380.